The number of halogens is 1. The predicted molar refractivity (Wildman–Crippen MR) is 118 cm³/mol. The first-order valence-electron chi connectivity index (χ1n) is 8.06. The van der Waals surface area contributed by atoms with Gasteiger partial charge in [-0.1, -0.05) is 97.9 Å². The fourth-order valence-electron chi connectivity index (χ4n) is 3.49. The fourth-order valence-corrected chi connectivity index (χ4v) is 3.49. The second-order valence-electron chi connectivity index (χ2n) is 5.98. The Kier molecular flexibility index (Phi) is 8.20. The lowest BCUT2D eigenvalue weighted by Gasteiger charge is -2.36. The van der Waals surface area contributed by atoms with Crippen molar-refractivity contribution >= 4 is 32.8 Å². The summed E-state index contributed by atoms with van der Waals surface area (Å²) < 4.78 is 0. The molecule has 0 bridgehead atoms. The highest BCUT2D eigenvalue weighted by Gasteiger charge is 2.47. The van der Waals surface area contributed by atoms with Gasteiger partial charge in [0.1, 0.15) is 5.41 Å². The summed E-state index contributed by atoms with van der Waals surface area (Å²) in [6, 6.07) is 28.9. The van der Waals surface area contributed by atoms with Crippen LogP contribution in [0, 0.1) is 0 Å². The van der Waals surface area contributed by atoms with E-state index >= 15 is 0 Å². The third-order valence-electron chi connectivity index (χ3n) is 4.74. The minimum absolute atomic E-state index is 0. The zero-order valence-corrected chi connectivity index (χ0v) is 17.8. The molecular weight excluding hydrogens is 407 g/mol. The lowest BCUT2D eigenvalue weighted by molar-refractivity contribution is -0.143. The Morgan fingerprint density at radius 2 is 1.12 bits per heavy atom. The summed E-state index contributed by atoms with van der Waals surface area (Å²) in [7, 11) is 0. The zero-order chi connectivity index (χ0) is 17.0. The Morgan fingerprint density at radius 1 is 0.769 bits per heavy atom. The molecule has 3 aromatic carbocycles. The first-order valence-corrected chi connectivity index (χ1v) is 8.06. The van der Waals surface area contributed by atoms with Gasteiger partial charge >= 0.3 is 5.97 Å². The van der Waals surface area contributed by atoms with Crippen LogP contribution < -0.4 is 0 Å². The normalized spacial score (nSPS) is 11.6. The molecule has 0 saturated carbocycles. The molecule has 0 fully saturated rings. The van der Waals surface area contributed by atoms with Crippen molar-refractivity contribution in [3.8, 4) is 0 Å². The molecule has 1 N–H and O–H groups in total. The Balaban J connectivity index is 0.00000169. The fraction of sp³-hybridized carbons (Fsp3) is 0.136. The maximum Gasteiger partial charge on any atom is 0.319 e. The minimum atomic E-state index is -1.14. The molecule has 2 atom stereocenters. The van der Waals surface area contributed by atoms with Crippen molar-refractivity contribution in [2.75, 3.05) is 0 Å². The lowest BCUT2D eigenvalue weighted by atomic mass is 9.64. The van der Waals surface area contributed by atoms with Crippen LogP contribution in [0.3, 0.4) is 0 Å². The van der Waals surface area contributed by atoms with E-state index < -0.39 is 11.4 Å². The summed E-state index contributed by atoms with van der Waals surface area (Å²) in [5.41, 5.74) is 1.46. The van der Waals surface area contributed by atoms with Crippen LogP contribution in [-0.4, -0.2) is 11.1 Å². The molecule has 4 heteroatoms. The molecule has 2 nitrogen and oxygen atoms in total. The van der Waals surface area contributed by atoms with Crippen LogP contribution in [0.4, 0.5) is 0 Å². The van der Waals surface area contributed by atoms with Gasteiger partial charge in [-0.3, -0.25) is 4.79 Å². The standard InChI is InChI=1S/C22H20O2.BrH.H3P/c1-17(18-11-5-2-6-12-18)22(21(23)24,19-13-7-3-8-14-19)20-15-9-4-10-16-20;;/h2-17H,1H3,(H,23,24);1H;1H3. The summed E-state index contributed by atoms with van der Waals surface area (Å²) in [5, 5.41) is 10.4. The van der Waals surface area contributed by atoms with Gasteiger partial charge in [0.15, 0.2) is 0 Å². The Labute approximate surface area is 168 Å². The van der Waals surface area contributed by atoms with E-state index in [1.807, 2.05) is 97.9 Å². The van der Waals surface area contributed by atoms with Gasteiger partial charge in [-0.2, -0.15) is 9.90 Å². The van der Waals surface area contributed by atoms with Crippen LogP contribution >= 0.6 is 26.9 Å². The van der Waals surface area contributed by atoms with E-state index in [9.17, 15) is 9.90 Å². The highest BCUT2D eigenvalue weighted by atomic mass is 79.9. The third-order valence-corrected chi connectivity index (χ3v) is 4.74. The highest BCUT2D eigenvalue weighted by molar-refractivity contribution is 8.93. The van der Waals surface area contributed by atoms with Gasteiger partial charge in [-0.15, -0.1) is 17.0 Å². The van der Waals surface area contributed by atoms with Crippen LogP contribution in [0.1, 0.15) is 29.5 Å². The average molecular weight is 431 g/mol. The van der Waals surface area contributed by atoms with Crippen molar-refractivity contribution in [1.82, 2.24) is 0 Å². The average Bonchev–Trinajstić information content (AvgIpc) is 2.64. The van der Waals surface area contributed by atoms with E-state index in [2.05, 4.69) is 0 Å². The molecule has 2 unspecified atom stereocenters. The van der Waals surface area contributed by atoms with Gasteiger partial charge in [0, 0.05) is 5.92 Å². The quantitative estimate of drug-likeness (QED) is 0.542. The molecule has 0 radical (unpaired) electrons. The van der Waals surface area contributed by atoms with E-state index in [1.54, 1.807) is 0 Å². The summed E-state index contributed by atoms with van der Waals surface area (Å²) in [5.74, 6) is -1.06. The van der Waals surface area contributed by atoms with Gasteiger partial charge in [-0.25, -0.2) is 0 Å². The van der Waals surface area contributed by atoms with Gasteiger partial charge in [0.25, 0.3) is 0 Å². The summed E-state index contributed by atoms with van der Waals surface area (Å²) in [6.45, 7) is 1.99. The molecule has 26 heavy (non-hydrogen) atoms. The number of carboxylic acid groups (broad SMARTS) is 1. The molecular formula is C22H24BrO2P. The van der Waals surface area contributed by atoms with Crippen LogP contribution in [-0.2, 0) is 10.2 Å². The van der Waals surface area contributed by atoms with Gasteiger partial charge in [-0.05, 0) is 16.7 Å². The van der Waals surface area contributed by atoms with Gasteiger partial charge in [0.05, 0.1) is 0 Å². The van der Waals surface area contributed by atoms with Crippen LogP contribution in [0.15, 0.2) is 91.0 Å². The molecule has 0 amide bonds. The number of carboxylic acids is 1. The smallest absolute Gasteiger partial charge is 0.319 e. The maximum atomic E-state index is 12.6. The topological polar surface area (TPSA) is 37.3 Å². The SMILES string of the molecule is Br.CC(c1ccccc1)C(C(=O)O)(c1ccccc1)c1ccccc1.P. The molecule has 0 aliphatic heterocycles. The van der Waals surface area contributed by atoms with Crippen LogP contribution in [0.5, 0.6) is 0 Å². The molecule has 0 spiro atoms. The van der Waals surface area contributed by atoms with Crippen molar-refractivity contribution in [2.45, 2.75) is 18.3 Å². The first-order chi connectivity index (χ1) is 11.7. The second-order valence-corrected chi connectivity index (χ2v) is 5.98. The van der Waals surface area contributed by atoms with E-state index in [-0.39, 0.29) is 32.8 Å². The van der Waals surface area contributed by atoms with Gasteiger partial charge < -0.3 is 5.11 Å². The first kappa shape index (κ1) is 22.1. The number of hydrogen-bond donors (Lipinski definition) is 1. The highest BCUT2D eigenvalue weighted by Crippen LogP contribution is 2.44. The second kappa shape index (κ2) is 9.66. The number of benzene rings is 3. The van der Waals surface area contributed by atoms with E-state index in [4.69, 9.17) is 0 Å². The lowest BCUT2D eigenvalue weighted by Crippen LogP contribution is -2.42. The van der Waals surface area contributed by atoms with Crippen molar-refractivity contribution < 1.29 is 9.90 Å². The molecule has 136 valence electrons. The molecule has 3 rings (SSSR count). The number of rotatable bonds is 5. The summed E-state index contributed by atoms with van der Waals surface area (Å²) in [6.07, 6.45) is 0. The largest absolute Gasteiger partial charge is 0.480 e. The van der Waals surface area contributed by atoms with E-state index in [0.29, 0.717) is 0 Å². The van der Waals surface area contributed by atoms with E-state index in [1.165, 1.54) is 0 Å². The zero-order valence-electron chi connectivity index (χ0n) is 14.7. The van der Waals surface area contributed by atoms with Crippen LogP contribution in [0.25, 0.3) is 0 Å². The maximum absolute atomic E-state index is 12.6. The molecule has 3 aromatic rings. The van der Waals surface area contributed by atoms with E-state index in [0.717, 1.165) is 16.7 Å². The van der Waals surface area contributed by atoms with Crippen molar-refractivity contribution in [2.24, 2.45) is 0 Å². The van der Waals surface area contributed by atoms with Crippen molar-refractivity contribution in [3.63, 3.8) is 0 Å². The monoisotopic (exact) mass is 430 g/mol. The van der Waals surface area contributed by atoms with Crippen molar-refractivity contribution in [3.05, 3.63) is 108 Å². The number of carbonyl (C=O) groups is 1. The van der Waals surface area contributed by atoms with Gasteiger partial charge in [0.2, 0.25) is 0 Å². The Bertz CT molecular complexity index is 768. The summed E-state index contributed by atoms with van der Waals surface area (Å²) in [4.78, 5) is 12.6. The Hall–Kier alpha value is -1.96. The minimum Gasteiger partial charge on any atom is -0.480 e. The predicted octanol–water partition coefficient (Wildman–Crippen LogP) is 5.50. The molecule has 0 aromatic heterocycles. The molecule has 0 saturated heterocycles. The van der Waals surface area contributed by atoms with Crippen LogP contribution in [0.2, 0.25) is 0 Å². The molecule has 0 aliphatic rings. The number of hydrogen-bond acceptors (Lipinski definition) is 1. The molecule has 0 aliphatic carbocycles. The third kappa shape index (κ3) is 3.90. The number of aliphatic carboxylic acids is 1. The molecule has 0 heterocycles. The summed E-state index contributed by atoms with van der Waals surface area (Å²) >= 11 is 0. The Morgan fingerprint density at radius 3 is 1.46 bits per heavy atom. The van der Waals surface area contributed by atoms with Crippen molar-refractivity contribution in [1.29, 1.82) is 0 Å².